The summed E-state index contributed by atoms with van der Waals surface area (Å²) in [6, 6.07) is 16.3. The number of rotatable bonds is 5. The molecule has 0 bridgehead atoms. The Morgan fingerprint density at radius 3 is 2.20 bits per heavy atom. The SMILES string of the molecule is C=CN(Cc1ccccc1)S(=O)(=O)c1ccc(C)cc1. The minimum absolute atomic E-state index is 0.277. The molecule has 0 N–H and O–H groups in total. The van der Waals surface area contributed by atoms with E-state index >= 15 is 0 Å². The topological polar surface area (TPSA) is 37.4 Å². The van der Waals surface area contributed by atoms with E-state index in [2.05, 4.69) is 6.58 Å². The van der Waals surface area contributed by atoms with Crippen LogP contribution in [0.25, 0.3) is 0 Å². The number of benzene rings is 2. The van der Waals surface area contributed by atoms with E-state index in [1.165, 1.54) is 10.5 Å². The molecule has 3 nitrogen and oxygen atoms in total. The zero-order valence-electron chi connectivity index (χ0n) is 11.4. The minimum atomic E-state index is -3.55. The Labute approximate surface area is 120 Å². The number of hydrogen-bond acceptors (Lipinski definition) is 2. The van der Waals surface area contributed by atoms with Gasteiger partial charge in [-0.3, -0.25) is 4.31 Å². The lowest BCUT2D eigenvalue weighted by molar-refractivity contribution is 0.496. The van der Waals surface area contributed by atoms with E-state index in [-0.39, 0.29) is 11.4 Å². The van der Waals surface area contributed by atoms with Crippen LogP contribution in [0, 0.1) is 6.92 Å². The van der Waals surface area contributed by atoms with Crippen molar-refractivity contribution in [3.63, 3.8) is 0 Å². The van der Waals surface area contributed by atoms with Gasteiger partial charge in [-0.05, 0) is 24.6 Å². The van der Waals surface area contributed by atoms with Crippen molar-refractivity contribution in [2.75, 3.05) is 0 Å². The molecule has 2 rings (SSSR count). The molecule has 0 amide bonds. The van der Waals surface area contributed by atoms with E-state index in [0.29, 0.717) is 0 Å². The highest BCUT2D eigenvalue weighted by atomic mass is 32.2. The second kappa shape index (κ2) is 5.92. The van der Waals surface area contributed by atoms with Crippen molar-refractivity contribution >= 4 is 10.0 Å². The standard InChI is InChI=1S/C16H17NO2S/c1-3-17(13-15-7-5-4-6-8-15)20(18,19)16-11-9-14(2)10-12-16/h3-12H,1,13H2,2H3. The van der Waals surface area contributed by atoms with Gasteiger partial charge in [0.25, 0.3) is 10.0 Å². The lowest BCUT2D eigenvalue weighted by atomic mass is 10.2. The van der Waals surface area contributed by atoms with Gasteiger partial charge in [0, 0.05) is 6.20 Å². The highest BCUT2D eigenvalue weighted by molar-refractivity contribution is 7.89. The van der Waals surface area contributed by atoms with Crippen molar-refractivity contribution in [1.82, 2.24) is 4.31 Å². The molecule has 20 heavy (non-hydrogen) atoms. The Morgan fingerprint density at radius 1 is 1.05 bits per heavy atom. The van der Waals surface area contributed by atoms with Crippen molar-refractivity contribution < 1.29 is 8.42 Å². The summed E-state index contributed by atoms with van der Waals surface area (Å²) in [5.41, 5.74) is 1.94. The first-order valence-electron chi connectivity index (χ1n) is 6.29. The van der Waals surface area contributed by atoms with E-state index in [0.717, 1.165) is 11.1 Å². The van der Waals surface area contributed by atoms with Crippen molar-refractivity contribution in [2.24, 2.45) is 0 Å². The van der Waals surface area contributed by atoms with Gasteiger partial charge in [0.05, 0.1) is 11.4 Å². The van der Waals surface area contributed by atoms with Crippen molar-refractivity contribution in [2.45, 2.75) is 18.4 Å². The average Bonchev–Trinajstić information content (AvgIpc) is 2.46. The van der Waals surface area contributed by atoms with Crippen LogP contribution in [0.1, 0.15) is 11.1 Å². The van der Waals surface area contributed by atoms with Crippen LogP contribution in [-0.2, 0) is 16.6 Å². The first-order chi connectivity index (χ1) is 9.54. The first-order valence-corrected chi connectivity index (χ1v) is 7.73. The van der Waals surface area contributed by atoms with E-state index in [1.54, 1.807) is 24.3 Å². The van der Waals surface area contributed by atoms with Crippen LogP contribution in [0.15, 0.2) is 72.3 Å². The largest absolute Gasteiger partial charge is 0.270 e. The quantitative estimate of drug-likeness (QED) is 0.846. The maximum atomic E-state index is 12.5. The third kappa shape index (κ3) is 3.08. The molecule has 0 heterocycles. The Morgan fingerprint density at radius 2 is 1.65 bits per heavy atom. The fraction of sp³-hybridized carbons (Fsp3) is 0.125. The Bertz CT molecular complexity index is 676. The van der Waals surface area contributed by atoms with Crippen molar-refractivity contribution in [3.8, 4) is 0 Å². The molecule has 0 aliphatic rings. The lowest BCUT2D eigenvalue weighted by Gasteiger charge is -2.20. The van der Waals surface area contributed by atoms with Crippen LogP contribution in [0.3, 0.4) is 0 Å². The molecule has 2 aromatic carbocycles. The summed E-state index contributed by atoms with van der Waals surface area (Å²) < 4.78 is 26.3. The summed E-state index contributed by atoms with van der Waals surface area (Å²) in [5, 5.41) is 0. The highest BCUT2D eigenvalue weighted by Gasteiger charge is 2.20. The van der Waals surface area contributed by atoms with E-state index in [1.807, 2.05) is 37.3 Å². The van der Waals surface area contributed by atoms with Crippen LogP contribution >= 0.6 is 0 Å². The van der Waals surface area contributed by atoms with Gasteiger partial charge in [-0.25, -0.2) is 8.42 Å². The van der Waals surface area contributed by atoms with Crippen molar-refractivity contribution in [3.05, 3.63) is 78.5 Å². The Balaban J connectivity index is 2.30. The maximum Gasteiger partial charge on any atom is 0.264 e. The molecule has 0 radical (unpaired) electrons. The predicted molar refractivity (Wildman–Crippen MR) is 80.5 cm³/mol. The van der Waals surface area contributed by atoms with Gasteiger partial charge in [0.1, 0.15) is 0 Å². The van der Waals surface area contributed by atoms with Crippen LogP contribution in [0.5, 0.6) is 0 Å². The van der Waals surface area contributed by atoms with E-state index < -0.39 is 10.0 Å². The zero-order chi connectivity index (χ0) is 14.6. The highest BCUT2D eigenvalue weighted by Crippen LogP contribution is 2.19. The fourth-order valence-corrected chi connectivity index (χ4v) is 3.12. The average molecular weight is 287 g/mol. The van der Waals surface area contributed by atoms with Gasteiger partial charge in [-0.2, -0.15) is 0 Å². The molecule has 0 aliphatic heterocycles. The maximum absolute atomic E-state index is 12.5. The molecular formula is C16H17NO2S. The molecule has 4 heteroatoms. The third-order valence-electron chi connectivity index (χ3n) is 3.01. The summed E-state index contributed by atoms with van der Waals surface area (Å²) in [6.07, 6.45) is 1.35. The molecular weight excluding hydrogens is 270 g/mol. The number of sulfonamides is 1. The zero-order valence-corrected chi connectivity index (χ0v) is 12.2. The van der Waals surface area contributed by atoms with Gasteiger partial charge in [-0.1, -0.05) is 54.6 Å². The minimum Gasteiger partial charge on any atom is -0.270 e. The van der Waals surface area contributed by atoms with Crippen LogP contribution in [0.2, 0.25) is 0 Å². The van der Waals surface area contributed by atoms with Gasteiger partial charge in [-0.15, -0.1) is 0 Å². The number of aryl methyl sites for hydroxylation is 1. The molecule has 0 unspecified atom stereocenters. The molecule has 104 valence electrons. The molecule has 0 aromatic heterocycles. The summed E-state index contributed by atoms with van der Waals surface area (Å²) in [5.74, 6) is 0. The monoisotopic (exact) mass is 287 g/mol. The molecule has 0 saturated carbocycles. The van der Waals surface area contributed by atoms with Gasteiger partial charge >= 0.3 is 0 Å². The molecule has 2 aromatic rings. The predicted octanol–water partition coefficient (Wildman–Crippen LogP) is 3.33. The molecule has 0 aliphatic carbocycles. The first kappa shape index (κ1) is 14.3. The Kier molecular flexibility index (Phi) is 4.25. The normalized spacial score (nSPS) is 11.1. The third-order valence-corrected chi connectivity index (χ3v) is 4.78. The summed E-state index contributed by atoms with van der Waals surface area (Å²) in [6.45, 7) is 5.81. The second-order valence-corrected chi connectivity index (χ2v) is 6.42. The van der Waals surface area contributed by atoms with E-state index in [4.69, 9.17) is 0 Å². The van der Waals surface area contributed by atoms with Crippen LogP contribution in [0.4, 0.5) is 0 Å². The fourth-order valence-electron chi connectivity index (χ4n) is 1.86. The molecule has 0 spiro atoms. The summed E-state index contributed by atoms with van der Waals surface area (Å²) in [7, 11) is -3.55. The van der Waals surface area contributed by atoms with Crippen LogP contribution in [-0.4, -0.2) is 12.7 Å². The van der Waals surface area contributed by atoms with Gasteiger partial charge in [0.15, 0.2) is 0 Å². The van der Waals surface area contributed by atoms with Gasteiger partial charge in [0.2, 0.25) is 0 Å². The van der Waals surface area contributed by atoms with E-state index in [9.17, 15) is 8.42 Å². The molecule has 0 atom stereocenters. The summed E-state index contributed by atoms with van der Waals surface area (Å²) in [4.78, 5) is 0.277. The van der Waals surface area contributed by atoms with Crippen LogP contribution < -0.4 is 0 Å². The summed E-state index contributed by atoms with van der Waals surface area (Å²) >= 11 is 0. The van der Waals surface area contributed by atoms with Gasteiger partial charge < -0.3 is 0 Å². The number of hydrogen-bond donors (Lipinski definition) is 0. The Hall–Kier alpha value is -2.07. The van der Waals surface area contributed by atoms with Crippen molar-refractivity contribution in [1.29, 1.82) is 0 Å². The second-order valence-electron chi connectivity index (χ2n) is 4.53. The number of nitrogens with zero attached hydrogens (tertiary/aromatic N) is 1. The molecule has 0 fully saturated rings. The lowest BCUT2D eigenvalue weighted by Crippen LogP contribution is -2.25. The molecule has 0 saturated heterocycles. The smallest absolute Gasteiger partial charge is 0.264 e.